The maximum Gasteiger partial charge on any atom is 0.322 e. The van der Waals surface area contributed by atoms with Crippen LogP contribution in [-0.2, 0) is 18.3 Å². The van der Waals surface area contributed by atoms with Gasteiger partial charge < -0.3 is 20.0 Å². The van der Waals surface area contributed by atoms with Crippen LogP contribution >= 0.6 is 0 Å². The lowest BCUT2D eigenvalue weighted by atomic mass is 10.0. The Morgan fingerprint density at radius 2 is 1.97 bits per heavy atom. The molecule has 0 spiro atoms. The molecule has 4 aromatic heterocycles. The normalized spacial score (nSPS) is 12.9. The summed E-state index contributed by atoms with van der Waals surface area (Å²) < 4.78 is 7.78. The molecule has 0 unspecified atom stereocenters. The predicted octanol–water partition coefficient (Wildman–Crippen LogP) is 3.96. The van der Waals surface area contributed by atoms with Gasteiger partial charge in [0.1, 0.15) is 23.5 Å². The number of benzene rings is 1. The number of ether oxygens (including phenoxy) is 1. The Morgan fingerprint density at radius 1 is 1.16 bits per heavy atom. The first-order valence-corrected chi connectivity index (χ1v) is 12.1. The number of fused-ring (bicyclic) bond motifs is 2. The topological polar surface area (TPSA) is 141 Å². The lowest BCUT2D eigenvalue weighted by molar-refractivity contribution is -0.114. The number of carbonyl (C=O) groups is 1. The fourth-order valence-electron chi connectivity index (χ4n) is 4.86. The summed E-state index contributed by atoms with van der Waals surface area (Å²) in [6.07, 6.45) is 6.04. The van der Waals surface area contributed by atoms with Crippen molar-refractivity contribution < 1.29 is 9.53 Å². The average Bonchev–Trinajstić information content (AvgIpc) is 3.48. The van der Waals surface area contributed by atoms with Crippen LogP contribution in [0.5, 0.6) is 11.8 Å². The number of aromatic nitrogens is 7. The molecular weight excluding hydrogens is 482 g/mol. The summed E-state index contributed by atoms with van der Waals surface area (Å²) >= 11 is 0. The fraction of sp³-hybridized carbons (Fsp3) is 0.185. The molecule has 190 valence electrons. The molecule has 11 nitrogen and oxygen atoms in total. The van der Waals surface area contributed by atoms with E-state index in [0.717, 1.165) is 41.1 Å². The van der Waals surface area contributed by atoms with Gasteiger partial charge in [-0.15, -0.1) is 0 Å². The van der Waals surface area contributed by atoms with Crippen molar-refractivity contribution in [3.05, 3.63) is 66.9 Å². The Bertz CT molecular complexity index is 1700. The first kappa shape index (κ1) is 23.3. The third-order valence-corrected chi connectivity index (χ3v) is 6.61. The van der Waals surface area contributed by atoms with Crippen LogP contribution in [0.2, 0.25) is 0 Å². The molecule has 1 aliphatic rings. The highest BCUT2D eigenvalue weighted by Crippen LogP contribution is 2.42. The summed E-state index contributed by atoms with van der Waals surface area (Å²) in [4.78, 5) is 39.7. The zero-order valence-electron chi connectivity index (χ0n) is 21.0. The van der Waals surface area contributed by atoms with Crippen molar-refractivity contribution in [1.29, 1.82) is 0 Å². The number of carbonyl (C=O) groups excluding carboxylic acids is 1. The number of amides is 1. The Balaban J connectivity index is 1.48. The molecule has 0 radical (unpaired) electrons. The maximum atomic E-state index is 12.5. The van der Waals surface area contributed by atoms with Crippen LogP contribution in [0, 0.1) is 6.92 Å². The number of nitrogens with one attached hydrogen (secondary N) is 1. The van der Waals surface area contributed by atoms with Gasteiger partial charge in [0, 0.05) is 31.0 Å². The molecule has 0 saturated heterocycles. The summed E-state index contributed by atoms with van der Waals surface area (Å²) in [5, 5.41) is 0.717. The van der Waals surface area contributed by atoms with E-state index in [9.17, 15) is 4.79 Å². The van der Waals surface area contributed by atoms with Gasteiger partial charge in [0.05, 0.1) is 16.8 Å². The quantitative estimate of drug-likeness (QED) is 0.341. The van der Waals surface area contributed by atoms with Gasteiger partial charge in [-0.1, -0.05) is 18.7 Å². The first-order chi connectivity index (χ1) is 18.4. The summed E-state index contributed by atoms with van der Waals surface area (Å²) in [6, 6.07) is 9.66. The number of H-pyrrole nitrogens is 1. The number of aromatic amines is 1. The molecule has 5 aromatic rings. The average molecular weight is 508 g/mol. The van der Waals surface area contributed by atoms with E-state index < -0.39 is 0 Å². The van der Waals surface area contributed by atoms with Crippen LogP contribution < -0.4 is 15.4 Å². The molecule has 0 aliphatic carbocycles. The summed E-state index contributed by atoms with van der Waals surface area (Å²) in [6.45, 7) is 6.11. The highest BCUT2D eigenvalue weighted by molar-refractivity contribution is 6.07. The Hall–Kier alpha value is -5.06. The maximum absolute atomic E-state index is 12.5. The van der Waals surface area contributed by atoms with Crippen LogP contribution in [0.15, 0.2) is 55.5 Å². The van der Waals surface area contributed by atoms with Gasteiger partial charge in [0.15, 0.2) is 11.6 Å². The minimum Gasteiger partial charge on any atom is -0.424 e. The second-order valence-electron chi connectivity index (χ2n) is 9.03. The van der Waals surface area contributed by atoms with Crippen molar-refractivity contribution in [2.24, 2.45) is 7.05 Å². The highest BCUT2D eigenvalue weighted by atomic mass is 16.5. The second-order valence-corrected chi connectivity index (χ2v) is 9.03. The van der Waals surface area contributed by atoms with E-state index in [1.54, 1.807) is 11.1 Å². The molecule has 0 saturated carbocycles. The first-order valence-electron chi connectivity index (χ1n) is 12.1. The predicted molar refractivity (Wildman–Crippen MR) is 144 cm³/mol. The number of nitrogen functional groups attached to an aromatic ring is 1. The number of nitrogens with two attached hydrogens (primary N) is 1. The van der Waals surface area contributed by atoms with Crippen molar-refractivity contribution >= 4 is 28.6 Å². The summed E-state index contributed by atoms with van der Waals surface area (Å²) in [5.41, 5.74) is 11.2. The molecule has 0 fully saturated rings. The van der Waals surface area contributed by atoms with Crippen molar-refractivity contribution in [2.75, 3.05) is 17.2 Å². The van der Waals surface area contributed by atoms with Crippen LogP contribution in [0.1, 0.15) is 17.8 Å². The van der Waals surface area contributed by atoms with Crippen molar-refractivity contribution in [2.45, 2.75) is 19.8 Å². The number of hydrogen-bond acceptors (Lipinski definition) is 8. The number of nitrogens with zero attached hydrogens (tertiary/aromatic N) is 7. The van der Waals surface area contributed by atoms with E-state index in [2.05, 4.69) is 31.5 Å². The second kappa shape index (κ2) is 9.11. The number of anilines is 2. The van der Waals surface area contributed by atoms with Gasteiger partial charge in [0.25, 0.3) is 5.91 Å². The van der Waals surface area contributed by atoms with E-state index >= 15 is 0 Å². The van der Waals surface area contributed by atoms with Gasteiger partial charge in [-0.3, -0.25) is 9.69 Å². The molecule has 0 atom stereocenters. The minimum absolute atomic E-state index is 0.176. The number of hydrogen-bond donors (Lipinski definition) is 2. The van der Waals surface area contributed by atoms with Crippen molar-refractivity contribution in [3.8, 4) is 34.4 Å². The van der Waals surface area contributed by atoms with E-state index in [0.29, 0.717) is 40.8 Å². The molecular formula is C27H25N9O2. The minimum atomic E-state index is -0.176. The molecule has 1 aliphatic heterocycles. The zero-order chi connectivity index (χ0) is 26.4. The molecule has 0 bridgehead atoms. The number of imidazole rings is 1. The third kappa shape index (κ3) is 3.84. The third-order valence-electron chi connectivity index (χ3n) is 6.61. The molecule has 1 amide bonds. The lowest BCUT2D eigenvalue weighted by Gasteiger charge is -2.24. The Morgan fingerprint density at radius 3 is 2.74 bits per heavy atom. The zero-order valence-corrected chi connectivity index (χ0v) is 21.0. The number of rotatable bonds is 5. The SMILES string of the molecule is C=CC(=O)N1CCCc2[nH]c(-c3c(-c4ccc(Oc5nccc(C)n5)cc4)c4c(N)ncnc4n3C)nc21. The molecule has 1 aromatic carbocycles. The van der Waals surface area contributed by atoms with E-state index in [4.69, 9.17) is 15.5 Å². The van der Waals surface area contributed by atoms with Gasteiger partial charge in [-0.25, -0.2) is 24.9 Å². The highest BCUT2D eigenvalue weighted by Gasteiger charge is 2.29. The van der Waals surface area contributed by atoms with Crippen LogP contribution in [0.3, 0.4) is 0 Å². The summed E-state index contributed by atoms with van der Waals surface area (Å²) in [5.74, 6) is 2.01. The Labute approximate surface area is 218 Å². The van der Waals surface area contributed by atoms with E-state index in [-0.39, 0.29) is 11.9 Å². The van der Waals surface area contributed by atoms with Crippen molar-refractivity contribution in [3.63, 3.8) is 0 Å². The summed E-state index contributed by atoms with van der Waals surface area (Å²) in [7, 11) is 1.91. The van der Waals surface area contributed by atoms with E-state index in [1.165, 1.54) is 12.4 Å². The molecule has 5 heterocycles. The van der Waals surface area contributed by atoms with Crippen LogP contribution in [0.4, 0.5) is 11.6 Å². The largest absolute Gasteiger partial charge is 0.424 e. The van der Waals surface area contributed by atoms with Crippen LogP contribution in [0.25, 0.3) is 33.7 Å². The van der Waals surface area contributed by atoms with Gasteiger partial charge in [-0.05, 0) is 49.6 Å². The molecule has 11 heteroatoms. The number of aryl methyl sites for hydroxylation is 3. The monoisotopic (exact) mass is 507 g/mol. The Kier molecular flexibility index (Phi) is 5.60. The van der Waals surface area contributed by atoms with Crippen molar-refractivity contribution in [1.82, 2.24) is 34.5 Å². The van der Waals surface area contributed by atoms with Gasteiger partial charge in [0.2, 0.25) is 0 Å². The smallest absolute Gasteiger partial charge is 0.322 e. The fourth-order valence-corrected chi connectivity index (χ4v) is 4.86. The van der Waals surface area contributed by atoms with Gasteiger partial charge >= 0.3 is 6.01 Å². The van der Waals surface area contributed by atoms with Gasteiger partial charge in [-0.2, -0.15) is 0 Å². The van der Waals surface area contributed by atoms with Crippen LogP contribution in [-0.4, -0.2) is 46.9 Å². The molecule has 6 rings (SSSR count). The molecule has 3 N–H and O–H groups in total. The molecule has 38 heavy (non-hydrogen) atoms. The standard InChI is InChI=1S/C27H25N9O2/c1-4-19(37)36-13-5-6-18-25(36)34-24(33-18)22-20(21-23(28)30-14-31-26(21)35(22)3)16-7-9-17(10-8-16)38-27-29-12-11-15(2)32-27/h4,7-12,14H,1,5-6,13H2,2-3H3,(H,33,34)(H2,28,30,31). The lowest BCUT2D eigenvalue weighted by Crippen LogP contribution is -2.34. The van der Waals surface area contributed by atoms with E-state index in [1.807, 2.05) is 48.9 Å².